The molecular weight excluding hydrogens is 729 g/mol. The summed E-state index contributed by atoms with van der Waals surface area (Å²) in [6.07, 6.45) is 7.81. The van der Waals surface area contributed by atoms with Crippen molar-refractivity contribution < 1.29 is 43.3 Å². The fourth-order valence-electron chi connectivity index (χ4n) is 7.72. The Bertz CT molecular complexity index is 2050. The van der Waals surface area contributed by atoms with Gasteiger partial charge >= 0.3 is 11.9 Å². The molecule has 0 saturated heterocycles. The number of methoxy groups -OCH3 is 1. The molecule has 4 N–H and O–H groups in total. The number of carboxylic acid groups (broad SMARTS) is 1. The standard InChI is InChI=1S/C44H52N4O9/c1-6-28-23-44(28,42(53)54)48-40(51)33-20-30(57-36-22-34(27-15-11-8-12-16-27)46-35-21-29(55-5)17-18-31(35)36)19-32(33)39(50)47-38(43(2,3)4)41(52)45-24-37(49)56-25-26-13-9-7-10-14-26/h6,8,11-12,15-19,21-22,26,28,30,33,38H,1,7,9-10,13-14,20,23-25H2,2-5H3,(H,45,52)(H,47,50)(H,48,51)(H,53,54)/t28-,30+,33-,38-,44-/m1/s1. The molecule has 57 heavy (non-hydrogen) atoms. The molecule has 13 heteroatoms. The number of fused-ring (bicyclic) bond motifs is 1. The van der Waals surface area contributed by atoms with Crippen LogP contribution in [0.4, 0.5) is 0 Å². The Balaban J connectivity index is 1.25. The zero-order chi connectivity index (χ0) is 40.9. The third kappa shape index (κ3) is 9.46. The summed E-state index contributed by atoms with van der Waals surface area (Å²) in [6.45, 7) is 8.96. The van der Waals surface area contributed by atoms with Crippen LogP contribution in [-0.2, 0) is 28.7 Å². The summed E-state index contributed by atoms with van der Waals surface area (Å²) in [7, 11) is 1.56. The second-order valence-electron chi connectivity index (χ2n) is 16.3. The van der Waals surface area contributed by atoms with Crippen LogP contribution in [0.1, 0.15) is 65.7 Å². The molecular formula is C44H52N4O9. The Morgan fingerprint density at radius 2 is 1.77 bits per heavy atom. The molecule has 2 fully saturated rings. The number of carbonyl (C=O) groups excluding carboxylic acids is 4. The van der Waals surface area contributed by atoms with Gasteiger partial charge in [-0.15, -0.1) is 6.58 Å². The fourth-order valence-corrected chi connectivity index (χ4v) is 7.72. The average Bonchev–Trinajstić information content (AvgIpc) is 3.77. The predicted octanol–water partition coefficient (Wildman–Crippen LogP) is 5.52. The van der Waals surface area contributed by atoms with E-state index in [0.717, 1.165) is 31.2 Å². The number of rotatable bonds is 15. The molecule has 6 rings (SSSR count). The van der Waals surface area contributed by atoms with E-state index >= 15 is 0 Å². The predicted molar refractivity (Wildman–Crippen MR) is 213 cm³/mol. The van der Waals surface area contributed by atoms with Crippen molar-refractivity contribution in [2.45, 2.75) is 83.4 Å². The summed E-state index contributed by atoms with van der Waals surface area (Å²) in [4.78, 5) is 71.6. The number of pyridine rings is 1. The Morgan fingerprint density at radius 3 is 2.42 bits per heavy atom. The highest BCUT2D eigenvalue weighted by molar-refractivity contribution is 6.04. The van der Waals surface area contributed by atoms with E-state index in [0.29, 0.717) is 40.6 Å². The monoisotopic (exact) mass is 780 g/mol. The van der Waals surface area contributed by atoms with Crippen LogP contribution in [-0.4, -0.2) is 77.7 Å². The van der Waals surface area contributed by atoms with E-state index in [-0.39, 0.29) is 25.0 Å². The lowest BCUT2D eigenvalue weighted by molar-refractivity contribution is -0.146. The number of ether oxygens (including phenoxy) is 3. The van der Waals surface area contributed by atoms with Gasteiger partial charge < -0.3 is 35.3 Å². The Labute approximate surface area is 332 Å². The van der Waals surface area contributed by atoms with Gasteiger partial charge in [-0.1, -0.05) is 76.4 Å². The number of nitrogens with one attached hydrogen (secondary N) is 3. The number of carbonyl (C=O) groups is 5. The van der Waals surface area contributed by atoms with Crippen LogP contribution >= 0.6 is 0 Å². The summed E-state index contributed by atoms with van der Waals surface area (Å²) in [5, 5.41) is 18.8. The molecule has 3 amide bonds. The lowest BCUT2D eigenvalue weighted by Gasteiger charge is -2.31. The Hall–Kier alpha value is -5.72. The van der Waals surface area contributed by atoms with Crippen LogP contribution in [0.15, 0.2) is 78.9 Å². The van der Waals surface area contributed by atoms with Crippen molar-refractivity contribution in [3.05, 3.63) is 78.9 Å². The number of amides is 3. The molecule has 3 aromatic rings. The van der Waals surface area contributed by atoms with Crippen LogP contribution in [0.25, 0.3) is 22.2 Å². The van der Waals surface area contributed by atoms with E-state index in [4.69, 9.17) is 19.2 Å². The SMILES string of the molecule is C=C[C@@H]1C[C@]1(NC(=O)[C@@H]1C[C@@H](Oc2cc(-c3ccccc3)nc3cc(OC)ccc23)C=C1C(=O)N[C@H](C(=O)NCC(=O)OCC1CCCCC1)C(C)(C)C)C(=O)O. The molecule has 3 aliphatic rings. The third-order valence-corrected chi connectivity index (χ3v) is 11.2. The van der Waals surface area contributed by atoms with Crippen molar-refractivity contribution in [3.8, 4) is 22.8 Å². The molecule has 2 saturated carbocycles. The molecule has 0 unspecified atom stereocenters. The first-order valence-electron chi connectivity index (χ1n) is 19.6. The fraction of sp³-hybridized carbons (Fsp3) is 0.455. The molecule has 3 aliphatic carbocycles. The first-order chi connectivity index (χ1) is 27.2. The van der Waals surface area contributed by atoms with Gasteiger partial charge in [-0.25, -0.2) is 9.78 Å². The lowest BCUT2D eigenvalue weighted by atomic mass is 9.85. The quantitative estimate of drug-likeness (QED) is 0.113. The number of carboxylic acids is 1. The van der Waals surface area contributed by atoms with Gasteiger partial charge in [0.05, 0.1) is 30.8 Å². The van der Waals surface area contributed by atoms with Gasteiger partial charge in [0.15, 0.2) is 0 Å². The average molecular weight is 781 g/mol. The number of hydrogen-bond acceptors (Lipinski definition) is 9. The van der Waals surface area contributed by atoms with Crippen molar-refractivity contribution >= 4 is 40.6 Å². The topological polar surface area (TPSA) is 182 Å². The van der Waals surface area contributed by atoms with E-state index in [1.165, 1.54) is 12.5 Å². The molecule has 0 bridgehead atoms. The number of nitrogens with zero attached hydrogens (tertiary/aromatic N) is 1. The lowest BCUT2D eigenvalue weighted by Crippen LogP contribution is -2.55. The van der Waals surface area contributed by atoms with Crippen molar-refractivity contribution in [1.82, 2.24) is 20.9 Å². The summed E-state index contributed by atoms with van der Waals surface area (Å²) in [5.74, 6) is -3.97. The highest BCUT2D eigenvalue weighted by Crippen LogP contribution is 2.45. The molecule has 13 nitrogen and oxygen atoms in total. The zero-order valence-corrected chi connectivity index (χ0v) is 33.0. The van der Waals surface area contributed by atoms with Crippen molar-refractivity contribution in [1.29, 1.82) is 0 Å². The van der Waals surface area contributed by atoms with Gasteiger partial charge in [0, 0.05) is 41.0 Å². The molecule has 0 radical (unpaired) electrons. The molecule has 0 aliphatic heterocycles. The Kier molecular flexibility index (Phi) is 12.3. The van der Waals surface area contributed by atoms with E-state index in [2.05, 4.69) is 22.5 Å². The molecule has 1 heterocycles. The first kappa shape index (κ1) is 40.9. The third-order valence-electron chi connectivity index (χ3n) is 11.2. The number of aliphatic carboxylic acids is 1. The molecule has 0 spiro atoms. The van der Waals surface area contributed by atoms with Crippen molar-refractivity contribution in [2.24, 2.45) is 23.2 Å². The summed E-state index contributed by atoms with van der Waals surface area (Å²) >= 11 is 0. The normalized spacial score (nSPS) is 22.4. The van der Waals surface area contributed by atoms with Gasteiger partial charge in [0.1, 0.15) is 35.7 Å². The summed E-state index contributed by atoms with van der Waals surface area (Å²) in [5.41, 5.74) is -0.262. The zero-order valence-electron chi connectivity index (χ0n) is 33.0. The maximum absolute atomic E-state index is 14.3. The minimum absolute atomic E-state index is 0.00288. The molecule has 302 valence electrons. The second-order valence-corrected chi connectivity index (χ2v) is 16.3. The molecule has 5 atom stereocenters. The number of aromatic nitrogens is 1. The van der Waals surface area contributed by atoms with Crippen LogP contribution < -0.4 is 25.4 Å². The summed E-state index contributed by atoms with van der Waals surface area (Å²) < 4.78 is 17.5. The van der Waals surface area contributed by atoms with Gasteiger partial charge in [0.25, 0.3) is 0 Å². The van der Waals surface area contributed by atoms with Gasteiger partial charge in [-0.2, -0.15) is 0 Å². The van der Waals surface area contributed by atoms with E-state index in [1.54, 1.807) is 52.2 Å². The first-order valence-corrected chi connectivity index (χ1v) is 19.6. The van der Waals surface area contributed by atoms with Gasteiger partial charge in [-0.05, 0) is 48.8 Å². The summed E-state index contributed by atoms with van der Waals surface area (Å²) in [6, 6.07) is 15.6. The van der Waals surface area contributed by atoms with E-state index in [9.17, 15) is 29.1 Å². The van der Waals surface area contributed by atoms with Crippen LogP contribution in [0.5, 0.6) is 11.5 Å². The number of esters is 1. The van der Waals surface area contributed by atoms with Crippen LogP contribution in [0.3, 0.4) is 0 Å². The minimum Gasteiger partial charge on any atom is -0.497 e. The Morgan fingerprint density at radius 1 is 1.04 bits per heavy atom. The second kappa shape index (κ2) is 17.2. The number of benzene rings is 2. The largest absolute Gasteiger partial charge is 0.497 e. The maximum Gasteiger partial charge on any atom is 0.330 e. The molecule has 1 aromatic heterocycles. The van der Waals surface area contributed by atoms with E-state index < -0.39 is 64.6 Å². The van der Waals surface area contributed by atoms with Crippen molar-refractivity contribution in [3.63, 3.8) is 0 Å². The molecule has 2 aromatic carbocycles. The highest BCUT2D eigenvalue weighted by atomic mass is 16.5. The smallest absolute Gasteiger partial charge is 0.330 e. The van der Waals surface area contributed by atoms with Gasteiger partial charge in [0.2, 0.25) is 17.7 Å². The highest BCUT2D eigenvalue weighted by Gasteiger charge is 2.61. The van der Waals surface area contributed by atoms with Crippen LogP contribution in [0, 0.1) is 23.2 Å². The minimum atomic E-state index is -1.54. The van der Waals surface area contributed by atoms with Gasteiger partial charge in [-0.3, -0.25) is 19.2 Å². The van der Waals surface area contributed by atoms with Crippen LogP contribution in [0.2, 0.25) is 0 Å². The van der Waals surface area contributed by atoms with Crippen molar-refractivity contribution in [2.75, 3.05) is 20.3 Å². The maximum atomic E-state index is 14.3. The number of hydrogen-bond donors (Lipinski definition) is 4. The van der Waals surface area contributed by atoms with E-state index in [1.807, 2.05) is 36.4 Å².